The molecule has 0 aromatic carbocycles. The third kappa shape index (κ3) is 8.90. The third-order valence-corrected chi connectivity index (χ3v) is 1.23. The molecule has 0 bridgehead atoms. The normalized spacial score (nSPS) is 9.89. The average molecular weight is 281 g/mol. The summed E-state index contributed by atoms with van der Waals surface area (Å²) in [4.78, 5) is 26.3. The van der Waals surface area contributed by atoms with E-state index in [4.69, 9.17) is 27.0 Å². The molecule has 1 rings (SSSR count). The number of hydrogen-bond acceptors (Lipinski definition) is 9. The summed E-state index contributed by atoms with van der Waals surface area (Å²) < 4.78 is 13.3. The zero-order valence-electron chi connectivity index (χ0n) is 8.83. The maximum Gasteiger partial charge on any atom is 0.545 e. The summed E-state index contributed by atoms with van der Waals surface area (Å²) in [6.07, 6.45) is 0. The lowest BCUT2D eigenvalue weighted by Gasteiger charge is -1.97. The lowest BCUT2D eigenvalue weighted by molar-refractivity contribution is 0.204. The fourth-order valence-electron chi connectivity index (χ4n) is 0.527. The first-order valence-corrected chi connectivity index (χ1v) is 5.49. The van der Waals surface area contributed by atoms with E-state index in [-0.39, 0.29) is 17.8 Å². The Morgan fingerprint density at radius 1 is 1.06 bits per heavy atom. The number of guanidine groups is 1. The predicted octanol–water partition coefficient (Wildman–Crippen LogP) is -3.10. The van der Waals surface area contributed by atoms with Gasteiger partial charge in [0.05, 0.1) is 0 Å². The standard InChI is InChI=1S/C3H6N6.CH6N3O4P/c4-1-7-2(5)9-3(6)8-1;2-1(3)4-8-9(5,6)7/h(H6,4,5,6,7,8,9);(H4,2,3,4)(H2,5,6,7). The minimum Gasteiger partial charge on any atom is -0.368 e. The van der Waals surface area contributed by atoms with Crippen LogP contribution in [0, 0.1) is 0 Å². The molecule has 0 saturated heterocycles. The van der Waals surface area contributed by atoms with E-state index in [1.54, 1.807) is 0 Å². The van der Waals surface area contributed by atoms with E-state index in [9.17, 15) is 4.57 Å². The quantitative estimate of drug-likeness (QED) is 0.123. The van der Waals surface area contributed by atoms with Crippen molar-refractivity contribution in [2.24, 2.45) is 16.6 Å². The van der Waals surface area contributed by atoms with Crippen molar-refractivity contribution in [1.29, 1.82) is 0 Å². The fraction of sp³-hybridized carbons (Fsp3) is 0. The van der Waals surface area contributed by atoms with Crippen LogP contribution in [-0.4, -0.2) is 30.7 Å². The molecule has 0 spiro atoms. The molecule has 0 aliphatic rings. The summed E-state index contributed by atoms with van der Waals surface area (Å²) in [5, 5.41) is 2.60. The first kappa shape index (κ1) is 15.6. The fourth-order valence-corrected chi connectivity index (χ4v) is 0.728. The van der Waals surface area contributed by atoms with Crippen molar-refractivity contribution in [2.45, 2.75) is 0 Å². The molecule has 13 nitrogen and oxygen atoms in total. The lowest BCUT2D eigenvalue weighted by Crippen LogP contribution is -2.22. The molecule has 1 aromatic rings. The van der Waals surface area contributed by atoms with Crippen molar-refractivity contribution in [3.05, 3.63) is 0 Å². The molecule has 0 unspecified atom stereocenters. The largest absolute Gasteiger partial charge is 0.545 e. The van der Waals surface area contributed by atoms with Gasteiger partial charge < -0.3 is 28.7 Å². The SMILES string of the molecule is NC(N)=NOP(=O)(O)O.Nc1nc(N)nc(N)n1. The molecule has 14 heteroatoms. The van der Waals surface area contributed by atoms with Gasteiger partial charge in [-0.05, 0) is 5.16 Å². The van der Waals surface area contributed by atoms with E-state index in [0.29, 0.717) is 0 Å². The molecule has 1 aromatic heterocycles. The number of oxime groups is 1. The van der Waals surface area contributed by atoms with Crippen molar-refractivity contribution in [3.8, 4) is 0 Å². The molecular formula is C4H12N9O4P. The molecule has 0 fully saturated rings. The van der Waals surface area contributed by atoms with Crippen molar-refractivity contribution < 1.29 is 19.0 Å². The molecule has 0 amide bonds. The number of rotatable bonds is 2. The number of nitrogen functional groups attached to an aromatic ring is 3. The van der Waals surface area contributed by atoms with Gasteiger partial charge in [0.1, 0.15) is 0 Å². The van der Waals surface area contributed by atoms with Gasteiger partial charge in [0.15, 0.2) is 0 Å². The number of hydrogen-bond donors (Lipinski definition) is 7. The molecule has 0 aliphatic carbocycles. The summed E-state index contributed by atoms with van der Waals surface area (Å²) >= 11 is 0. The Labute approximate surface area is 100 Å². The highest BCUT2D eigenvalue weighted by Crippen LogP contribution is 2.35. The van der Waals surface area contributed by atoms with Crippen LogP contribution in [0.2, 0.25) is 0 Å². The van der Waals surface area contributed by atoms with Crippen LogP contribution in [0.3, 0.4) is 0 Å². The van der Waals surface area contributed by atoms with Crippen LogP contribution in [0.1, 0.15) is 0 Å². The maximum absolute atomic E-state index is 9.79. The summed E-state index contributed by atoms with van der Waals surface area (Å²) in [6.45, 7) is 0. The topological polar surface area (TPSA) is 248 Å². The molecular weight excluding hydrogens is 269 g/mol. The Hall–Kier alpha value is -2.37. The van der Waals surface area contributed by atoms with Crippen molar-refractivity contribution in [1.82, 2.24) is 15.0 Å². The Morgan fingerprint density at radius 2 is 1.39 bits per heavy atom. The number of aromatic nitrogens is 3. The van der Waals surface area contributed by atoms with Crippen molar-refractivity contribution in [2.75, 3.05) is 17.2 Å². The molecule has 1 heterocycles. The molecule has 0 radical (unpaired) electrons. The lowest BCUT2D eigenvalue weighted by atomic mass is 10.9. The summed E-state index contributed by atoms with van der Waals surface area (Å²) in [7, 11) is -4.57. The van der Waals surface area contributed by atoms with Gasteiger partial charge in [-0.25, -0.2) is 4.57 Å². The maximum atomic E-state index is 9.79. The van der Waals surface area contributed by atoms with Gasteiger partial charge in [0.2, 0.25) is 23.8 Å². The van der Waals surface area contributed by atoms with Gasteiger partial charge >= 0.3 is 7.82 Å². The van der Waals surface area contributed by atoms with Crippen LogP contribution in [0.15, 0.2) is 5.16 Å². The Morgan fingerprint density at radius 3 is 1.56 bits per heavy atom. The minimum atomic E-state index is -4.57. The molecule has 12 N–H and O–H groups in total. The summed E-state index contributed by atoms with van der Waals surface area (Å²) in [5.74, 6) is -0.418. The second kappa shape index (κ2) is 6.39. The van der Waals surface area contributed by atoms with Gasteiger partial charge in [0, 0.05) is 0 Å². The number of nitrogens with zero attached hydrogens (tertiary/aromatic N) is 4. The first-order valence-electron chi connectivity index (χ1n) is 3.96. The summed E-state index contributed by atoms with van der Waals surface area (Å²) in [5.41, 5.74) is 24.7. The van der Waals surface area contributed by atoms with E-state index < -0.39 is 13.8 Å². The predicted molar refractivity (Wildman–Crippen MR) is 62.0 cm³/mol. The van der Waals surface area contributed by atoms with Crippen molar-refractivity contribution >= 4 is 31.6 Å². The van der Waals surface area contributed by atoms with E-state index >= 15 is 0 Å². The van der Waals surface area contributed by atoms with Gasteiger partial charge in [-0.2, -0.15) is 15.0 Å². The Kier molecular flexibility index (Phi) is 5.55. The molecule has 102 valence electrons. The molecule has 18 heavy (non-hydrogen) atoms. The third-order valence-electron chi connectivity index (χ3n) is 0.940. The number of nitrogens with two attached hydrogens (primary N) is 5. The highest BCUT2D eigenvalue weighted by Gasteiger charge is 2.13. The van der Waals surface area contributed by atoms with Gasteiger partial charge in [-0.15, -0.1) is 0 Å². The molecule has 0 saturated carbocycles. The Balaban J connectivity index is 0.000000321. The van der Waals surface area contributed by atoms with Crippen LogP contribution in [0.5, 0.6) is 0 Å². The van der Waals surface area contributed by atoms with E-state index in [0.717, 1.165) is 0 Å². The van der Waals surface area contributed by atoms with Gasteiger partial charge in [-0.3, -0.25) is 14.4 Å². The van der Waals surface area contributed by atoms with Crippen LogP contribution >= 0.6 is 7.82 Å². The van der Waals surface area contributed by atoms with E-state index in [1.165, 1.54) is 0 Å². The number of anilines is 3. The highest BCUT2D eigenvalue weighted by molar-refractivity contribution is 7.46. The van der Waals surface area contributed by atoms with Crippen LogP contribution in [0.25, 0.3) is 0 Å². The Bertz CT molecular complexity index is 417. The van der Waals surface area contributed by atoms with Gasteiger partial charge in [-0.1, -0.05) is 0 Å². The van der Waals surface area contributed by atoms with Crippen LogP contribution in [-0.2, 0) is 9.19 Å². The second-order valence-electron chi connectivity index (χ2n) is 2.50. The van der Waals surface area contributed by atoms with Crippen LogP contribution < -0.4 is 28.7 Å². The van der Waals surface area contributed by atoms with E-state index in [1.807, 2.05) is 0 Å². The zero-order valence-corrected chi connectivity index (χ0v) is 9.73. The number of phosphoric acid groups is 1. The minimum absolute atomic E-state index is 0.0417. The zero-order chi connectivity index (χ0) is 14.3. The van der Waals surface area contributed by atoms with E-state index in [2.05, 4.69) is 36.2 Å². The highest BCUT2D eigenvalue weighted by atomic mass is 31.2. The monoisotopic (exact) mass is 281 g/mol. The average Bonchev–Trinajstić information content (AvgIpc) is 2.12. The molecule has 0 atom stereocenters. The molecule has 0 aliphatic heterocycles. The second-order valence-corrected chi connectivity index (χ2v) is 3.64. The van der Waals surface area contributed by atoms with Crippen molar-refractivity contribution in [3.63, 3.8) is 0 Å². The summed E-state index contributed by atoms with van der Waals surface area (Å²) in [6, 6.07) is 0. The first-order chi connectivity index (χ1) is 8.10. The van der Waals surface area contributed by atoms with Gasteiger partial charge in [0.25, 0.3) is 0 Å². The van der Waals surface area contributed by atoms with Crippen LogP contribution in [0.4, 0.5) is 17.8 Å². The smallest absolute Gasteiger partial charge is 0.368 e.